The van der Waals surface area contributed by atoms with Gasteiger partial charge in [0.1, 0.15) is 24.3 Å². The second-order valence-electron chi connectivity index (χ2n) is 6.21. The van der Waals surface area contributed by atoms with E-state index in [4.69, 9.17) is 21.9 Å². The van der Waals surface area contributed by atoms with Crippen LogP contribution in [0.15, 0.2) is 40.0 Å². The van der Waals surface area contributed by atoms with E-state index >= 15 is 0 Å². The first-order valence-corrected chi connectivity index (χ1v) is 8.41. The Bertz CT molecular complexity index is 775. The number of aliphatic hydroxyl groups is 2. The zero-order valence-corrected chi connectivity index (χ0v) is 16.2. The number of amides is 1. The first-order valence-electron chi connectivity index (χ1n) is 8.41. The molecule has 1 aromatic rings. The van der Waals surface area contributed by atoms with E-state index in [2.05, 4.69) is 15.3 Å². The lowest BCUT2D eigenvalue weighted by atomic mass is 10.00. The monoisotopic (exact) mass is 392 g/mol. The van der Waals surface area contributed by atoms with Crippen LogP contribution in [0, 0.1) is 0 Å². The van der Waals surface area contributed by atoms with Crippen LogP contribution in [0.5, 0.6) is 5.75 Å². The Morgan fingerprint density at radius 2 is 2.11 bits per heavy atom. The second kappa shape index (κ2) is 10.4. The van der Waals surface area contributed by atoms with Crippen LogP contribution in [0.4, 0.5) is 5.69 Å². The number of nitrogens with one attached hydrogen (secondary N) is 1. The van der Waals surface area contributed by atoms with Crippen molar-refractivity contribution >= 4 is 23.5 Å². The second-order valence-corrected chi connectivity index (χ2v) is 6.21. The van der Waals surface area contributed by atoms with Gasteiger partial charge in [-0.25, -0.2) is 0 Å². The maximum Gasteiger partial charge on any atom is 0.270 e. The lowest BCUT2D eigenvalue weighted by molar-refractivity contribution is -0.118. The SMILES string of the molecule is CN=CC(=CN)COc1ccc(N)c(C(=NC)C(=O)NC(C)(CO)C(N)O)c1. The van der Waals surface area contributed by atoms with Gasteiger partial charge in [-0.15, -0.1) is 0 Å². The Hall–Kier alpha value is -2.95. The molecule has 10 nitrogen and oxygen atoms in total. The summed E-state index contributed by atoms with van der Waals surface area (Å²) < 4.78 is 5.66. The molecule has 0 bridgehead atoms. The number of nitrogens with two attached hydrogens (primary N) is 3. The molecule has 9 N–H and O–H groups in total. The molecule has 0 aliphatic carbocycles. The fourth-order valence-electron chi connectivity index (χ4n) is 2.16. The number of ether oxygens (including phenoxy) is 1. The van der Waals surface area contributed by atoms with E-state index in [9.17, 15) is 15.0 Å². The minimum Gasteiger partial charge on any atom is -0.489 e. The smallest absolute Gasteiger partial charge is 0.270 e. The zero-order chi connectivity index (χ0) is 21.3. The van der Waals surface area contributed by atoms with Crippen LogP contribution in [-0.2, 0) is 4.79 Å². The van der Waals surface area contributed by atoms with E-state index in [1.165, 1.54) is 20.2 Å². The standard InChI is InChI=1S/C18H28N6O4/c1-18(10-25,17(21)27)24-16(26)15(23-3)13-6-12(4-5-14(13)20)28-9-11(7-19)8-22-2/h4-8,17,25,27H,9-10,19-21H2,1-3H3,(H,24,26). The summed E-state index contributed by atoms with van der Waals surface area (Å²) in [5, 5.41) is 21.6. The van der Waals surface area contributed by atoms with Crippen molar-refractivity contribution < 1.29 is 19.7 Å². The van der Waals surface area contributed by atoms with Crippen molar-refractivity contribution in [2.24, 2.45) is 21.5 Å². The molecule has 1 rings (SSSR count). The van der Waals surface area contributed by atoms with Gasteiger partial charge in [0, 0.05) is 43.3 Å². The normalized spacial score (nSPS) is 15.9. The van der Waals surface area contributed by atoms with E-state index in [-0.39, 0.29) is 12.3 Å². The van der Waals surface area contributed by atoms with E-state index in [1.807, 2.05) is 0 Å². The van der Waals surface area contributed by atoms with Gasteiger partial charge >= 0.3 is 0 Å². The quantitative estimate of drug-likeness (QED) is 0.172. The van der Waals surface area contributed by atoms with Gasteiger partial charge in [-0.2, -0.15) is 0 Å². The predicted octanol–water partition coefficient (Wildman–Crippen LogP) is -1.25. The number of benzene rings is 1. The summed E-state index contributed by atoms with van der Waals surface area (Å²) in [5.41, 5.74) is 16.8. The maximum absolute atomic E-state index is 12.7. The van der Waals surface area contributed by atoms with Crippen molar-refractivity contribution in [2.75, 3.05) is 33.0 Å². The number of rotatable bonds is 9. The molecule has 0 heterocycles. The molecule has 28 heavy (non-hydrogen) atoms. The van der Waals surface area contributed by atoms with Crippen molar-refractivity contribution in [3.8, 4) is 5.75 Å². The van der Waals surface area contributed by atoms with Gasteiger partial charge in [-0.1, -0.05) is 0 Å². The summed E-state index contributed by atoms with van der Waals surface area (Å²) in [6.45, 7) is 1.00. The number of carbonyl (C=O) groups excluding carboxylic acids is 1. The summed E-state index contributed by atoms with van der Waals surface area (Å²) in [5.74, 6) is -0.223. The number of hydrogen-bond acceptors (Lipinski definition) is 9. The molecule has 1 aromatic carbocycles. The van der Waals surface area contributed by atoms with Crippen LogP contribution in [0.1, 0.15) is 12.5 Å². The average molecular weight is 392 g/mol. The molecular formula is C18H28N6O4. The van der Waals surface area contributed by atoms with Crippen LogP contribution in [0.25, 0.3) is 0 Å². The number of aliphatic hydroxyl groups excluding tert-OH is 2. The van der Waals surface area contributed by atoms with Crippen LogP contribution in [0.3, 0.4) is 0 Å². The lowest BCUT2D eigenvalue weighted by Gasteiger charge is -2.31. The largest absolute Gasteiger partial charge is 0.489 e. The number of anilines is 1. The summed E-state index contributed by atoms with van der Waals surface area (Å²) in [7, 11) is 3.04. The third-order valence-corrected chi connectivity index (χ3v) is 4.01. The predicted molar refractivity (Wildman–Crippen MR) is 109 cm³/mol. The Morgan fingerprint density at radius 1 is 1.43 bits per heavy atom. The highest BCUT2D eigenvalue weighted by Crippen LogP contribution is 2.22. The molecule has 0 spiro atoms. The van der Waals surface area contributed by atoms with Gasteiger partial charge in [0.15, 0.2) is 0 Å². The number of nitrogen functional groups attached to an aromatic ring is 1. The molecular weight excluding hydrogens is 364 g/mol. The van der Waals surface area contributed by atoms with Gasteiger partial charge in [-0.3, -0.25) is 14.8 Å². The van der Waals surface area contributed by atoms with E-state index in [0.717, 1.165) is 0 Å². The number of nitrogens with zero attached hydrogens (tertiary/aromatic N) is 2. The van der Waals surface area contributed by atoms with Crippen molar-refractivity contribution in [1.82, 2.24) is 5.32 Å². The van der Waals surface area contributed by atoms with Crippen LogP contribution in [-0.4, -0.2) is 67.1 Å². The van der Waals surface area contributed by atoms with Gasteiger partial charge in [0.2, 0.25) is 0 Å². The molecule has 1 amide bonds. The molecule has 0 radical (unpaired) electrons. The highest BCUT2D eigenvalue weighted by molar-refractivity contribution is 6.46. The maximum atomic E-state index is 12.7. The molecule has 0 saturated carbocycles. The highest BCUT2D eigenvalue weighted by Gasteiger charge is 2.33. The Labute approximate surface area is 163 Å². The number of carbonyl (C=O) groups is 1. The van der Waals surface area contributed by atoms with Crippen LogP contribution < -0.4 is 27.3 Å². The van der Waals surface area contributed by atoms with Gasteiger partial charge in [0.25, 0.3) is 5.91 Å². The third kappa shape index (κ3) is 5.78. The van der Waals surface area contributed by atoms with Crippen molar-refractivity contribution in [1.29, 1.82) is 0 Å². The highest BCUT2D eigenvalue weighted by atomic mass is 16.5. The Morgan fingerprint density at radius 3 is 2.61 bits per heavy atom. The van der Waals surface area contributed by atoms with Gasteiger partial charge < -0.3 is 37.5 Å². The zero-order valence-electron chi connectivity index (χ0n) is 16.2. The summed E-state index contributed by atoms with van der Waals surface area (Å²) in [6, 6.07) is 4.78. The van der Waals surface area contributed by atoms with E-state index in [1.54, 1.807) is 31.5 Å². The van der Waals surface area contributed by atoms with Gasteiger partial charge in [-0.05, 0) is 25.1 Å². The summed E-state index contributed by atoms with van der Waals surface area (Å²) >= 11 is 0. The number of aliphatic imine (C=N–C) groups is 2. The Balaban J connectivity index is 3.11. The first-order chi connectivity index (χ1) is 13.2. The number of hydrogen-bond donors (Lipinski definition) is 6. The first kappa shape index (κ1) is 23.1. The molecule has 154 valence electrons. The molecule has 10 heteroatoms. The fourth-order valence-corrected chi connectivity index (χ4v) is 2.16. The van der Waals surface area contributed by atoms with E-state index < -0.39 is 24.3 Å². The molecule has 0 fully saturated rings. The lowest BCUT2D eigenvalue weighted by Crippen LogP contribution is -2.61. The fraction of sp³-hybridized carbons (Fsp3) is 0.389. The van der Waals surface area contributed by atoms with Crippen molar-refractivity contribution in [2.45, 2.75) is 18.7 Å². The van der Waals surface area contributed by atoms with E-state index in [0.29, 0.717) is 22.6 Å². The van der Waals surface area contributed by atoms with Crippen molar-refractivity contribution in [3.63, 3.8) is 0 Å². The van der Waals surface area contributed by atoms with Crippen molar-refractivity contribution in [3.05, 3.63) is 35.5 Å². The molecule has 0 aliphatic heterocycles. The molecule has 0 saturated heterocycles. The molecule has 0 aliphatic rings. The topological polar surface area (TPSA) is 182 Å². The minimum absolute atomic E-state index is 0.00649. The average Bonchev–Trinajstić information content (AvgIpc) is 2.67. The Kier molecular flexibility index (Phi) is 8.58. The van der Waals surface area contributed by atoms with Crippen LogP contribution >= 0.6 is 0 Å². The molecule has 2 unspecified atom stereocenters. The molecule has 2 atom stereocenters. The summed E-state index contributed by atoms with van der Waals surface area (Å²) in [4.78, 5) is 20.5. The third-order valence-electron chi connectivity index (χ3n) is 4.01. The van der Waals surface area contributed by atoms with Gasteiger partial charge in [0.05, 0.1) is 12.1 Å². The van der Waals surface area contributed by atoms with Crippen LogP contribution in [0.2, 0.25) is 0 Å². The summed E-state index contributed by atoms with van der Waals surface area (Å²) in [6.07, 6.45) is 1.47. The minimum atomic E-state index is -1.48. The molecule has 0 aromatic heterocycles.